The highest BCUT2D eigenvalue weighted by molar-refractivity contribution is 8.03. The highest BCUT2D eigenvalue weighted by atomic mass is 32.2. The van der Waals surface area contributed by atoms with Gasteiger partial charge in [0, 0.05) is 16.7 Å². The summed E-state index contributed by atoms with van der Waals surface area (Å²) in [6.07, 6.45) is 2.53. The van der Waals surface area contributed by atoms with Gasteiger partial charge in [-0.15, -0.1) is 0 Å². The fraction of sp³-hybridized carbons (Fsp3) is 0.105. The Hall–Kier alpha value is -3.11. The zero-order chi connectivity index (χ0) is 18.9. The molecule has 2 aromatic rings. The van der Waals surface area contributed by atoms with E-state index in [4.69, 9.17) is 10.00 Å². The molecule has 1 amide bonds. The number of thioether (sulfide) groups is 1. The summed E-state index contributed by atoms with van der Waals surface area (Å²) < 4.78 is 17.9. The van der Waals surface area contributed by atoms with Gasteiger partial charge >= 0.3 is 5.97 Å². The number of ether oxygens (including phenoxy) is 1. The van der Waals surface area contributed by atoms with Crippen LogP contribution in [-0.2, 0) is 14.3 Å². The molecule has 0 aliphatic heterocycles. The molecule has 0 fully saturated rings. The summed E-state index contributed by atoms with van der Waals surface area (Å²) in [5.74, 6) is -1.60. The van der Waals surface area contributed by atoms with Crippen LogP contribution in [0.1, 0.15) is 11.1 Å². The van der Waals surface area contributed by atoms with Crippen molar-refractivity contribution in [3.8, 4) is 5.40 Å². The van der Waals surface area contributed by atoms with E-state index < -0.39 is 24.3 Å². The van der Waals surface area contributed by atoms with Crippen molar-refractivity contribution in [1.29, 1.82) is 5.26 Å². The Labute approximate surface area is 154 Å². The van der Waals surface area contributed by atoms with Gasteiger partial charge in [0.25, 0.3) is 5.91 Å². The molecule has 2 aromatic carbocycles. The van der Waals surface area contributed by atoms with Crippen LogP contribution in [0.4, 0.5) is 10.1 Å². The first-order chi connectivity index (χ1) is 12.5. The number of rotatable bonds is 6. The van der Waals surface area contributed by atoms with Crippen LogP contribution in [0.15, 0.2) is 53.4 Å². The number of benzene rings is 2. The standard InChI is InChI=1S/C19H15FN2O3S/c1-13-9-16(26-12-21)6-7-17(13)22-18(23)11-25-19(24)8-5-14-3-2-4-15(20)10-14/h2-10H,11H2,1H3,(H,22,23)/b8-5+. The molecule has 26 heavy (non-hydrogen) atoms. The topological polar surface area (TPSA) is 79.2 Å². The van der Waals surface area contributed by atoms with Crippen molar-refractivity contribution in [2.75, 3.05) is 11.9 Å². The van der Waals surface area contributed by atoms with Crippen molar-refractivity contribution in [2.24, 2.45) is 0 Å². The van der Waals surface area contributed by atoms with Crippen LogP contribution in [0, 0.1) is 23.4 Å². The van der Waals surface area contributed by atoms with E-state index in [-0.39, 0.29) is 0 Å². The van der Waals surface area contributed by atoms with Gasteiger partial charge in [0.15, 0.2) is 6.61 Å². The van der Waals surface area contributed by atoms with Gasteiger partial charge in [-0.25, -0.2) is 9.18 Å². The molecule has 1 N–H and O–H groups in total. The molecule has 5 nitrogen and oxygen atoms in total. The molecular formula is C19H15FN2O3S. The predicted molar refractivity (Wildman–Crippen MR) is 97.7 cm³/mol. The molecule has 0 unspecified atom stereocenters. The molecule has 0 aliphatic carbocycles. The van der Waals surface area contributed by atoms with Crippen LogP contribution < -0.4 is 5.32 Å². The number of halogens is 1. The van der Waals surface area contributed by atoms with Crippen molar-refractivity contribution < 1.29 is 18.7 Å². The maximum atomic E-state index is 13.0. The van der Waals surface area contributed by atoms with Crippen LogP contribution in [0.3, 0.4) is 0 Å². The van der Waals surface area contributed by atoms with E-state index in [1.807, 2.05) is 5.40 Å². The monoisotopic (exact) mass is 370 g/mol. The minimum atomic E-state index is -0.707. The average Bonchev–Trinajstić information content (AvgIpc) is 2.61. The molecular weight excluding hydrogens is 355 g/mol. The highest BCUT2D eigenvalue weighted by Gasteiger charge is 2.08. The number of esters is 1. The minimum absolute atomic E-state index is 0.408. The van der Waals surface area contributed by atoms with Crippen molar-refractivity contribution in [3.05, 3.63) is 65.5 Å². The van der Waals surface area contributed by atoms with Crippen molar-refractivity contribution >= 4 is 35.4 Å². The van der Waals surface area contributed by atoms with E-state index in [9.17, 15) is 14.0 Å². The Morgan fingerprint density at radius 3 is 2.81 bits per heavy atom. The SMILES string of the molecule is Cc1cc(SC#N)ccc1NC(=O)COC(=O)/C=C/c1cccc(F)c1. The number of nitrogens with one attached hydrogen (secondary N) is 1. The maximum absolute atomic E-state index is 13.0. The Morgan fingerprint density at radius 2 is 2.12 bits per heavy atom. The van der Waals surface area contributed by atoms with Gasteiger partial charge in [-0.2, -0.15) is 5.26 Å². The maximum Gasteiger partial charge on any atom is 0.331 e. The van der Waals surface area contributed by atoms with Crippen LogP contribution in [0.5, 0.6) is 0 Å². The number of thiocyanates is 1. The van der Waals surface area contributed by atoms with E-state index >= 15 is 0 Å². The van der Waals surface area contributed by atoms with Gasteiger partial charge in [0.2, 0.25) is 0 Å². The number of nitriles is 1. The summed E-state index contributed by atoms with van der Waals surface area (Å²) in [4.78, 5) is 24.3. The Morgan fingerprint density at radius 1 is 1.31 bits per heavy atom. The molecule has 0 spiro atoms. The number of anilines is 1. The summed E-state index contributed by atoms with van der Waals surface area (Å²) in [6, 6.07) is 10.9. The van der Waals surface area contributed by atoms with Gasteiger partial charge in [-0.3, -0.25) is 4.79 Å². The highest BCUT2D eigenvalue weighted by Crippen LogP contribution is 2.23. The van der Waals surface area contributed by atoms with Gasteiger partial charge in [0.05, 0.1) is 0 Å². The summed E-state index contributed by atoms with van der Waals surface area (Å²) in [5, 5.41) is 13.3. The molecule has 132 valence electrons. The summed E-state index contributed by atoms with van der Waals surface area (Å²) >= 11 is 1.03. The normalized spacial score (nSPS) is 10.3. The predicted octanol–water partition coefficient (Wildman–Crippen LogP) is 3.90. The lowest BCUT2D eigenvalue weighted by Crippen LogP contribution is -2.20. The van der Waals surface area contributed by atoms with Crippen LogP contribution >= 0.6 is 11.8 Å². The lowest BCUT2D eigenvalue weighted by molar-refractivity contribution is -0.142. The fourth-order valence-electron chi connectivity index (χ4n) is 2.04. The summed E-state index contributed by atoms with van der Waals surface area (Å²) in [6.45, 7) is 1.35. The number of aryl methyl sites for hydroxylation is 1. The molecule has 0 saturated heterocycles. The number of nitrogens with zero attached hydrogens (tertiary/aromatic N) is 1. The first kappa shape index (κ1) is 19.2. The summed E-state index contributed by atoms with van der Waals surface area (Å²) in [7, 11) is 0. The molecule has 0 saturated carbocycles. The number of carbonyl (C=O) groups is 2. The van der Waals surface area contributed by atoms with Crippen LogP contribution in [0.25, 0.3) is 6.08 Å². The second-order valence-electron chi connectivity index (χ2n) is 5.21. The Balaban J connectivity index is 1.85. The van der Waals surface area contributed by atoms with Gasteiger partial charge in [-0.05, 0) is 66.2 Å². The third-order valence-electron chi connectivity index (χ3n) is 3.24. The second-order valence-corrected chi connectivity index (χ2v) is 6.07. The zero-order valence-corrected chi connectivity index (χ0v) is 14.7. The number of carbonyl (C=O) groups excluding carboxylic acids is 2. The molecule has 0 aromatic heterocycles. The first-order valence-electron chi connectivity index (χ1n) is 7.55. The lowest BCUT2D eigenvalue weighted by Gasteiger charge is -2.09. The van der Waals surface area contributed by atoms with Crippen molar-refractivity contribution in [1.82, 2.24) is 0 Å². The smallest absolute Gasteiger partial charge is 0.331 e. The van der Waals surface area contributed by atoms with E-state index in [1.54, 1.807) is 31.2 Å². The van der Waals surface area contributed by atoms with E-state index in [0.717, 1.165) is 28.3 Å². The van der Waals surface area contributed by atoms with Crippen molar-refractivity contribution in [3.63, 3.8) is 0 Å². The Bertz CT molecular complexity index is 891. The van der Waals surface area contributed by atoms with Crippen molar-refractivity contribution in [2.45, 2.75) is 11.8 Å². The number of amides is 1. The van der Waals surface area contributed by atoms with Crippen LogP contribution in [-0.4, -0.2) is 18.5 Å². The van der Waals surface area contributed by atoms with Gasteiger partial charge in [-0.1, -0.05) is 12.1 Å². The quantitative estimate of drug-likeness (QED) is 0.361. The molecule has 7 heteroatoms. The first-order valence-corrected chi connectivity index (χ1v) is 8.36. The molecule has 0 radical (unpaired) electrons. The average molecular weight is 370 g/mol. The van der Waals surface area contributed by atoms with Gasteiger partial charge < -0.3 is 10.1 Å². The van der Waals surface area contributed by atoms with E-state index in [2.05, 4.69) is 5.32 Å². The third kappa shape index (κ3) is 6.07. The molecule has 0 aliphatic rings. The molecule has 0 heterocycles. The molecule has 0 bridgehead atoms. The van der Waals surface area contributed by atoms with Crippen LogP contribution in [0.2, 0.25) is 0 Å². The Kier molecular flexibility index (Phi) is 6.94. The van der Waals surface area contributed by atoms with E-state index in [0.29, 0.717) is 11.3 Å². The molecule has 2 rings (SSSR count). The minimum Gasteiger partial charge on any atom is -0.452 e. The fourth-order valence-corrected chi connectivity index (χ4v) is 2.52. The number of hydrogen-bond donors (Lipinski definition) is 1. The van der Waals surface area contributed by atoms with E-state index in [1.165, 1.54) is 24.3 Å². The largest absolute Gasteiger partial charge is 0.452 e. The summed E-state index contributed by atoms with van der Waals surface area (Å²) in [5.41, 5.74) is 1.87. The third-order valence-corrected chi connectivity index (χ3v) is 3.82. The second kappa shape index (κ2) is 9.39. The van der Waals surface area contributed by atoms with Gasteiger partial charge in [0.1, 0.15) is 11.2 Å². The number of hydrogen-bond acceptors (Lipinski definition) is 5. The zero-order valence-electron chi connectivity index (χ0n) is 13.9. The molecule has 0 atom stereocenters. The lowest BCUT2D eigenvalue weighted by atomic mass is 10.2.